The third-order valence-electron chi connectivity index (χ3n) is 4.25. The van der Waals surface area contributed by atoms with Crippen LogP contribution in [0.4, 0.5) is 0 Å². The highest BCUT2D eigenvalue weighted by atomic mass is 32.2. The lowest BCUT2D eigenvalue weighted by Crippen LogP contribution is -2.45. The first-order valence-corrected chi connectivity index (χ1v) is 10.4. The van der Waals surface area contributed by atoms with Crippen molar-refractivity contribution < 1.29 is 9.32 Å². The van der Waals surface area contributed by atoms with Crippen LogP contribution in [0.15, 0.2) is 65.2 Å². The van der Waals surface area contributed by atoms with Crippen LogP contribution >= 0.6 is 11.8 Å². The largest absolute Gasteiger partial charge is 0.338 e. The third-order valence-corrected chi connectivity index (χ3v) is 5.15. The van der Waals surface area contributed by atoms with Crippen LogP contribution in [0, 0.1) is 0 Å². The van der Waals surface area contributed by atoms with Gasteiger partial charge < -0.3 is 9.42 Å². The van der Waals surface area contributed by atoms with Gasteiger partial charge >= 0.3 is 0 Å². The van der Waals surface area contributed by atoms with E-state index >= 15 is 0 Å². The molecule has 0 aliphatic carbocycles. The van der Waals surface area contributed by atoms with Gasteiger partial charge in [-0.25, -0.2) is 0 Å². The molecule has 0 atom stereocenters. The lowest BCUT2D eigenvalue weighted by atomic mass is 10.0. The maximum absolute atomic E-state index is 12.8. The van der Waals surface area contributed by atoms with Gasteiger partial charge in [0.25, 0.3) is 0 Å². The first kappa shape index (κ1) is 20.1. The van der Waals surface area contributed by atoms with E-state index in [2.05, 4.69) is 30.9 Å². The Balaban J connectivity index is 1.57. The maximum atomic E-state index is 12.8. The summed E-state index contributed by atoms with van der Waals surface area (Å²) in [4.78, 5) is 19.2. The lowest BCUT2D eigenvalue weighted by Gasteiger charge is -2.36. The molecule has 0 saturated carbocycles. The fourth-order valence-electron chi connectivity index (χ4n) is 2.79. The minimum atomic E-state index is -0.252. The third kappa shape index (κ3) is 5.45. The summed E-state index contributed by atoms with van der Waals surface area (Å²) in [6.07, 6.45) is 0. The molecule has 1 amide bonds. The Hall–Kier alpha value is -2.60. The number of amides is 1. The highest BCUT2D eigenvalue weighted by Crippen LogP contribution is 2.21. The minimum absolute atomic E-state index is 0.101. The van der Waals surface area contributed by atoms with Gasteiger partial charge in [0.1, 0.15) is 0 Å². The summed E-state index contributed by atoms with van der Waals surface area (Å²) < 4.78 is 5.32. The normalized spacial score (nSPS) is 11.4. The van der Waals surface area contributed by atoms with Crippen LogP contribution < -0.4 is 0 Å². The molecule has 3 rings (SSSR count). The number of aromatic nitrogens is 2. The van der Waals surface area contributed by atoms with Gasteiger partial charge in [-0.2, -0.15) is 4.98 Å². The number of hydrogen-bond acceptors (Lipinski definition) is 5. The molecular weight excluding hydrogens is 370 g/mol. The molecule has 0 saturated heterocycles. The minimum Gasteiger partial charge on any atom is -0.338 e. The summed E-state index contributed by atoms with van der Waals surface area (Å²) in [5, 5.41) is 4.02. The van der Waals surface area contributed by atoms with E-state index in [1.165, 1.54) is 11.8 Å². The molecular formula is C22H25N3O2S. The van der Waals surface area contributed by atoms with E-state index in [1.807, 2.05) is 65.6 Å². The smallest absolute Gasteiger partial charge is 0.236 e. The molecule has 0 radical (unpaired) electrons. The molecule has 0 bridgehead atoms. The van der Waals surface area contributed by atoms with Gasteiger partial charge in [-0.15, -0.1) is 11.8 Å². The highest BCUT2D eigenvalue weighted by Gasteiger charge is 2.26. The summed E-state index contributed by atoms with van der Waals surface area (Å²) in [6, 6.07) is 19.8. The SMILES string of the molecule is CC(C)(C)N(Cc1ccccc1)C(=O)CSCc1nc(-c2ccccc2)no1. The Morgan fingerprint density at radius 2 is 1.68 bits per heavy atom. The quantitative estimate of drug-likeness (QED) is 0.575. The van der Waals surface area contributed by atoms with E-state index in [9.17, 15) is 4.79 Å². The second-order valence-electron chi connectivity index (χ2n) is 7.51. The summed E-state index contributed by atoms with van der Waals surface area (Å²) >= 11 is 1.49. The average molecular weight is 396 g/mol. The molecule has 2 aromatic carbocycles. The summed E-state index contributed by atoms with van der Waals surface area (Å²) in [6.45, 7) is 6.77. The van der Waals surface area contributed by atoms with Crippen LogP contribution in [0.25, 0.3) is 11.4 Å². The molecule has 0 N–H and O–H groups in total. The highest BCUT2D eigenvalue weighted by molar-refractivity contribution is 7.99. The predicted molar refractivity (Wildman–Crippen MR) is 113 cm³/mol. The van der Waals surface area contributed by atoms with Crippen molar-refractivity contribution in [1.29, 1.82) is 0 Å². The van der Waals surface area contributed by atoms with Crippen molar-refractivity contribution in [1.82, 2.24) is 15.0 Å². The van der Waals surface area contributed by atoms with Crippen molar-refractivity contribution >= 4 is 17.7 Å². The molecule has 1 aromatic heterocycles. The molecule has 6 heteroatoms. The number of carbonyl (C=O) groups is 1. The first-order valence-electron chi connectivity index (χ1n) is 9.23. The van der Waals surface area contributed by atoms with Crippen molar-refractivity contribution in [3.8, 4) is 11.4 Å². The zero-order chi connectivity index (χ0) is 20.0. The van der Waals surface area contributed by atoms with Gasteiger partial charge in [-0.05, 0) is 26.3 Å². The van der Waals surface area contributed by atoms with Gasteiger partial charge in [-0.1, -0.05) is 65.8 Å². The summed E-state index contributed by atoms with van der Waals surface area (Å²) in [5.41, 5.74) is 1.79. The van der Waals surface area contributed by atoms with E-state index in [1.54, 1.807) is 0 Å². The topological polar surface area (TPSA) is 59.2 Å². The van der Waals surface area contributed by atoms with Crippen molar-refractivity contribution in [2.24, 2.45) is 0 Å². The number of rotatable bonds is 7. The molecule has 0 aliphatic heterocycles. The van der Waals surface area contributed by atoms with Gasteiger partial charge in [0.05, 0.1) is 11.5 Å². The van der Waals surface area contributed by atoms with Crippen molar-refractivity contribution in [3.05, 3.63) is 72.1 Å². The van der Waals surface area contributed by atoms with Crippen molar-refractivity contribution in [2.45, 2.75) is 38.6 Å². The van der Waals surface area contributed by atoms with Crippen LogP contribution in [-0.2, 0) is 17.1 Å². The molecule has 0 aliphatic rings. The summed E-state index contributed by atoms with van der Waals surface area (Å²) in [7, 11) is 0. The molecule has 146 valence electrons. The van der Waals surface area contributed by atoms with Gasteiger partial charge in [-0.3, -0.25) is 4.79 Å². The zero-order valence-electron chi connectivity index (χ0n) is 16.5. The molecule has 1 heterocycles. The Morgan fingerprint density at radius 1 is 1.04 bits per heavy atom. The Morgan fingerprint density at radius 3 is 2.32 bits per heavy atom. The van der Waals surface area contributed by atoms with Crippen LogP contribution in [0.5, 0.6) is 0 Å². The maximum Gasteiger partial charge on any atom is 0.236 e. The van der Waals surface area contributed by atoms with Crippen LogP contribution in [0.2, 0.25) is 0 Å². The van der Waals surface area contributed by atoms with Crippen molar-refractivity contribution in [3.63, 3.8) is 0 Å². The molecule has 0 unspecified atom stereocenters. The monoisotopic (exact) mass is 395 g/mol. The molecule has 3 aromatic rings. The van der Waals surface area contributed by atoms with Crippen LogP contribution in [0.3, 0.4) is 0 Å². The zero-order valence-corrected chi connectivity index (χ0v) is 17.3. The van der Waals surface area contributed by atoms with Crippen molar-refractivity contribution in [2.75, 3.05) is 5.75 Å². The fraction of sp³-hybridized carbons (Fsp3) is 0.318. The summed E-state index contributed by atoms with van der Waals surface area (Å²) in [5.74, 6) is 2.08. The fourth-order valence-corrected chi connectivity index (χ4v) is 3.51. The lowest BCUT2D eigenvalue weighted by molar-refractivity contribution is -0.133. The molecule has 0 fully saturated rings. The Labute approximate surface area is 170 Å². The van der Waals surface area contributed by atoms with Gasteiger partial charge in [0.2, 0.25) is 17.6 Å². The first-order chi connectivity index (χ1) is 13.4. The van der Waals surface area contributed by atoms with Crippen LogP contribution in [-0.4, -0.2) is 32.2 Å². The number of thioether (sulfide) groups is 1. The van der Waals surface area contributed by atoms with E-state index in [0.29, 0.717) is 29.8 Å². The number of carbonyl (C=O) groups excluding carboxylic acids is 1. The average Bonchev–Trinajstić information content (AvgIpc) is 3.15. The molecule has 28 heavy (non-hydrogen) atoms. The molecule has 5 nitrogen and oxygen atoms in total. The Bertz CT molecular complexity index is 889. The predicted octanol–water partition coefficient (Wildman–Crippen LogP) is 4.80. The van der Waals surface area contributed by atoms with Crippen LogP contribution in [0.1, 0.15) is 32.2 Å². The second kappa shape index (κ2) is 9.06. The van der Waals surface area contributed by atoms with E-state index in [4.69, 9.17) is 4.52 Å². The second-order valence-corrected chi connectivity index (χ2v) is 8.49. The number of hydrogen-bond donors (Lipinski definition) is 0. The van der Waals surface area contributed by atoms with E-state index < -0.39 is 0 Å². The molecule has 0 spiro atoms. The number of nitrogens with zero attached hydrogens (tertiary/aromatic N) is 3. The van der Waals surface area contributed by atoms with Gasteiger partial charge in [0.15, 0.2) is 0 Å². The standard InChI is InChI=1S/C22H25N3O2S/c1-22(2,3)25(14-17-10-6-4-7-11-17)20(26)16-28-15-19-23-21(24-27-19)18-12-8-5-9-13-18/h4-13H,14-16H2,1-3H3. The van der Waals surface area contributed by atoms with Gasteiger partial charge in [0, 0.05) is 17.6 Å². The van der Waals surface area contributed by atoms with E-state index in [-0.39, 0.29) is 11.4 Å². The van der Waals surface area contributed by atoms with E-state index in [0.717, 1.165) is 11.1 Å². The number of benzene rings is 2. The Kier molecular flexibility index (Phi) is 6.52.